The predicted molar refractivity (Wildman–Crippen MR) is 79.9 cm³/mol. The molecule has 116 valence electrons. The van der Waals surface area contributed by atoms with E-state index in [9.17, 15) is 4.79 Å². The lowest BCUT2D eigenvalue weighted by molar-refractivity contribution is -0.122. The van der Waals surface area contributed by atoms with Gasteiger partial charge in [-0.2, -0.15) is 0 Å². The van der Waals surface area contributed by atoms with Crippen LogP contribution in [0.2, 0.25) is 0 Å². The van der Waals surface area contributed by atoms with Crippen molar-refractivity contribution in [3.63, 3.8) is 0 Å². The molecule has 1 aromatic heterocycles. The summed E-state index contributed by atoms with van der Waals surface area (Å²) in [6, 6.07) is 3.96. The fourth-order valence-electron chi connectivity index (χ4n) is 2.64. The second kappa shape index (κ2) is 8.62. The van der Waals surface area contributed by atoms with E-state index >= 15 is 0 Å². The van der Waals surface area contributed by atoms with Crippen molar-refractivity contribution in [2.24, 2.45) is 5.92 Å². The summed E-state index contributed by atoms with van der Waals surface area (Å²) in [5.41, 5.74) is 0. The largest absolute Gasteiger partial charge is 0.492 e. The highest BCUT2D eigenvalue weighted by molar-refractivity contribution is 5.76. The van der Waals surface area contributed by atoms with E-state index in [1.165, 1.54) is 0 Å². The Labute approximate surface area is 125 Å². The zero-order chi connectivity index (χ0) is 14.9. The molecule has 1 amide bonds. The maximum absolute atomic E-state index is 11.8. The third-order valence-corrected chi connectivity index (χ3v) is 3.92. The van der Waals surface area contributed by atoms with Crippen LogP contribution in [0.3, 0.4) is 0 Å². The molecule has 0 spiro atoms. The third kappa shape index (κ3) is 5.71. The minimum atomic E-state index is 0.0947. The van der Waals surface area contributed by atoms with E-state index < -0.39 is 0 Å². The Bertz CT molecular complexity index is 417. The number of carbonyl (C=O) groups excluding carboxylic acids is 1. The third-order valence-electron chi connectivity index (χ3n) is 3.92. The number of hydrogen-bond donors (Lipinski definition) is 2. The first kappa shape index (κ1) is 15.8. The van der Waals surface area contributed by atoms with Gasteiger partial charge in [0.2, 0.25) is 5.91 Å². The molecule has 0 atom stereocenters. The Morgan fingerprint density at radius 1 is 1.38 bits per heavy atom. The van der Waals surface area contributed by atoms with Crippen LogP contribution in [-0.4, -0.2) is 35.3 Å². The van der Waals surface area contributed by atoms with Gasteiger partial charge in [0.25, 0.3) is 0 Å². The van der Waals surface area contributed by atoms with Gasteiger partial charge in [0.05, 0.1) is 12.8 Å². The van der Waals surface area contributed by atoms with E-state index in [2.05, 4.69) is 10.3 Å². The maximum Gasteiger partial charge on any atom is 0.220 e. The molecule has 2 rings (SSSR count). The van der Waals surface area contributed by atoms with Crippen molar-refractivity contribution in [2.75, 3.05) is 13.2 Å². The normalized spacial score (nSPS) is 21.8. The number of hydrogen-bond acceptors (Lipinski definition) is 4. The molecule has 0 radical (unpaired) electrons. The van der Waals surface area contributed by atoms with Crippen LogP contribution < -0.4 is 10.1 Å². The van der Waals surface area contributed by atoms with Crippen molar-refractivity contribution in [1.29, 1.82) is 0 Å². The fraction of sp³-hybridized carbons (Fsp3) is 0.625. The van der Waals surface area contributed by atoms with Gasteiger partial charge in [0.15, 0.2) is 0 Å². The predicted octanol–water partition coefficient (Wildman–Crippen LogP) is 1.91. The SMILES string of the molecule is O=C(CCCOc1cccnc1)NC1CCC(CO)CC1. The van der Waals surface area contributed by atoms with E-state index in [-0.39, 0.29) is 18.6 Å². The van der Waals surface area contributed by atoms with E-state index in [0.29, 0.717) is 25.4 Å². The molecule has 1 saturated carbocycles. The molecule has 1 aliphatic carbocycles. The van der Waals surface area contributed by atoms with Crippen molar-refractivity contribution in [3.05, 3.63) is 24.5 Å². The van der Waals surface area contributed by atoms with Gasteiger partial charge in [-0.1, -0.05) is 0 Å². The quantitative estimate of drug-likeness (QED) is 0.753. The first-order valence-corrected chi connectivity index (χ1v) is 7.71. The van der Waals surface area contributed by atoms with Crippen LogP contribution in [0.4, 0.5) is 0 Å². The number of nitrogens with one attached hydrogen (secondary N) is 1. The van der Waals surface area contributed by atoms with E-state index in [1.54, 1.807) is 12.4 Å². The highest BCUT2D eigenvalue weighted by Crippen LogP contribution is 2.23. The van der Waals surface area contributed by atoms with Crippen LogP contribution in [0.25, 0.3) is 0 Å². The molecule has 1 aromatic rings. The number of pyridine rings is 1. The van der Waals surface area contributed by atoms with Crippen LogP contribution in [0.1, 0.15) is 38.5 Å². The zero-order valence-electron chi connectivity index (χ0n) is 12.3. The number of aliphatic hydroxyl groups is 1. The topological polar surface area (TPSA) is 71.5 Å². The average Bonchev–Trinajstić information content (AvgIpc) is 2.53. The number of aliphatic hydroxyl groups excluding tert-OH is 1. The van der Waals surface area contributed by atoms with Crippen LogP contribution in [0, 0.1) is 5.92 Å². The molecule has 21 heavy (non-hydrogen) atoms. The second-order valence-electron chi connectivity index (χ2n) is 5.61. The Morgan fingerprint density at radius 2 is 2.19 bits per heavy atom. The van der Waals surface area contributed by atoms with Crippen molar-refractivity contribution in [3.8, 4) is 5.75 Å². The Morgan fingerprint density at radius 3 is 2.86 bits per heavy atom. The van der Waals surface area contributed by atoms with Gasteiger partial charge in [-0.3, -0.25) is 9.78 Å². The molecule has 0 aromatic carbocycles. The highest BCUT2D eigenvalue weighted by Gasteiger charge is 2.21. The Kier molecular flexibility index (Phi) is 6.47. The van der Waals surface area contributed by atoms with Crippen molar-refractivity contribution in [2.45, 2.75) is 44.6 Å². The van der Waals surface area contributed by atoms with Crippen LogP contribution in [0.15, 0.2) is 24.5 Å². The van der Waals surface area contributed by atoms with Crippen molar-refractivity contribution < 1.29 is 14.6 Å². The summed E-state index contributed by atoms with van der Waals surface area (Å²) in [5.74, 6) is 1.25. The van der Waals surface area contributed by atoms with Crippen LogP contribution in [-0.2, 0) is 4.79 Å². The Balaban J connectivity index is 1.56. The van der Waals surface area contributed by atoms with Gasteiger partial charge in [-0.15, -0.1) is 0 Å². The minimum absolute atomic E-state index is 0.0947. The molecule has 2 N–H and O–H groups in total. The summed E-state index contributed by atoms with van der Waals surface area (Å²) >= 11 is 0. The summed E-state index contributed by atoms with van der Waals surface area (Å²) in [6.07, 6.45) is 8.52. The highest BCUT2D eigenvalue weighted by atomic mass is 16.5. The van der Waals surface area contributed by atoms with Gasteiger partial charge in [0, 0.05) is 25.3 Å². The van der Waals surface area contributed by atoms with Gasteiger partial charge < -0.3 is 15.2 Å². The maximum atomic E-state index is 11.8. The molecule has 0 aliphatic heterocycles. The van der Waals surface area contributed by atoms with Gasteiger partial charge in [0.1, 0.15) is 5.75 Å². The first-order valence-electron chi connectivity index (χ1n) is 7.71. The summed E-state index contributed by atoms with van der Waals surface area (Å²) in [7, 11) is 0. The molecule has 1 aliphatic rings. The van der Waals surface area contributed by atoms with Crippen molar-refractivity contribution in [1.82, 2.24) is 10.3 Å². The van der Waals surface area contributed by atoms with Crippen LogP contribution in [0.5, 0.6) is 5.75 Å². The Hall–Kier alpha value is -1.62. The summed E-state index contributed by atoms with van der Waals surface area (Å²) in [6.45, 7) is 0.794. The molecule has 0 bridgehead atoms. The van der Waals surface area contributed by atoms with Crippen LogP contribution >= 0.6 is 0 Å². The van der Waals surface area contributed by atoms with E-state index in [0.717, 1.165) is 31.4 Å². The smallest absolute Gasteiger partial charge is 0.220 e. The summed E-state index contributed by atoms with van der Waals surface area (Å²) in [5, 5.41) is 12.2. The first-order chi connectivity index (χ1) is 10.3. The minimum Gasteiger partial charge on any atom is -0.492 e. The lowest BCUT2D eigenvalue weighted by atomic mass is 9.86. The number of rotatable bonds is 7. The molecule has 0 saturated heterocycles. The lowest BCUT2D eigenvalue weighted by Crippen LogP contribution is -2.38. The van der Waals surface area contributed by atoms with E-state index in [1.807, 2.05) is 12.1 Å². The zero-order valence-corrected chi connectivity index (χ0v) is 12.3. The number of nitrogens with zero attached hydrogens (tertiary/aromatic N) is 1. The number of amides is 1. The number of ether oxygens (including phenoxy) is 1. The van der Waals surface area contributed by atoms with Gasteiger partial charge in [-0.25, -0.2) is 0 Å². The molecule has 1 heterocycles. The molecule has 0 unspecified atom stereocenters. The van der Waals surface area contributed by atoms with E-state index in [4.69, 9.17) is 9.84 Å². The molecular weight excluding hydrogens is 268 g/mol. The summed E-state index contributed by atoms with van der Waals surface area (Å²) in [4.78, 5) is 15.8. The molecule has 5 nitrogen and oxygen atoms in total. The summed E-state index contributed by atoms with van der Waals surface area (Å²) < 4.78 is 5.50. The van der Waals surface area contributed by atoms with Gasteiger partial charge in [-0.05, 0) is 50.2 Å². The fourth-order valence-corrected chi connectivity index (χ4v) is 2.64. The molecular formula is C16H24N2O3. The molecule has 5 heteroatoms. The number of carbonyl (C=O) groups is 1. The second-order valence-corrected chi connectivity index (χ2v) is 5.61. The number of aromatic nitrogens is 1. The standard InChI is InChI=1S/C16H24N2O3/c19-12-13-5-7-14(8-6-13)18-16(20)4-2-10-21-15-3-1-9-17-11-15/h1,3,9,11,13-14,19H,2,4-8,10,12H2,(H,18,20). The van der Waals surface area contributed by atoms with Gasteiger partial charge >= 0.3 is 0 Å². The average molecular weight is 292 g/mol. The monoisotopic (exact) mass is 292 g/mol. The van der Waals surface area contributed by atoms with Crippen molar-refractivity contribution >= 4 is 5.91 Å². The molecule has 1 fully saturated rings. The lowest BCUT2D eigenvalue weighted by Gasteiger charge is -2.27.